The van der Waals surface area contributed by atoms with Gasteiger partial charge in [-0.1, -0.05) is 82.7 Å². The van der Waals surface area contributed by atoms with Gasteiger partial charge in [-0.25, -0.2) is 4.18 Å². The molecule has 5 heterocycles. The fourth-order valence-electron chi connectivity index (χ4n) is 9.74. The van der Waals surface area contributed by atoms with E-state index in [2.05, 4.69) is 46.1 Å². The zero-order valence-corrected chi connectivity index (χ0v) is 38.4. The summed E-state index contributed by atoms with van der Waals surface area (Å²) < 4.78 is 78.6. The van der Waals surface area contributed by atoms with E-state index in [0.717, 1.165) is 16.3 Å². The van der Waals surface area contributed by atoms with E-state index in [1.807, 2.05) is 26.0 Å². The van der Waals surface area contributed by atoms with Gasteiger partial charge >= 0.3 is 16.3 Å². The number of ether oxygens (including phenoxy) is 7. The lowest BCUT2D eigenvalue weighted by atomic mass is 9.71. The van der Waals surface area contributed by atoms with E-state index >= 15 is 0 Å². The molecule has 1 aliphatic carbocycles. The Morgan fingerprint density at radius 3 is 2.45 bits per heavy atom. The highest BCUT2D eigenvalue weighted by atomic mass is 32.2. The Hall–Kier alpha value is -2.80. The number of allylic oxidation sites excluding steroid dienone is 2. The average Bonchev–Trinajstić information content (AvgIpc) is 3.57. The molecule has 0 saturated carbocycles. The summed E-state index contributed by atoms with van der Waals surface area (Å²) in [7, 11) is -2.70. The van der Waals surface area contributed by atoms with Gasteiger partial charge in [-0.3, -0.25) is 4.79 Å². The van der Waals surface area contributed by atoms with Gasteiger partial charge in [0, 0.05) is 51.3 Å². The first-order valence-corrected chi connectivity index (χ1v) is 23.5. The molecule has 1 spiro atoms. The van der Waals surface area contributed by atoms with Crippen LogP contribution in [0.3, 0.4) is 0 Å². The van der Waals surface area contributed by atoms with Crippen LogP contribution in [0, 0.1) is 23.7 Å². The summed E-state index contributed by atoms with van der Waals surface area (Å²) >= 11 is 0. The summed E-state index contributed by atoms with van der Waals surface area (Å²) in [5.74, 6) is -2.76. The molecule has 3 unspecified atom stereocenters. The Bertz CT molecular complexity index is 1880. The highest BCUT2D eigenvalue weighted by Crippen LogP contribution is 2.47. The lowest BCUT2D eigenvalue weighted by molar-refractivity contribution is -0.300. The molecular formula is C47H69NO13S. The van der Waals surface area contributed by atoms with Crippen molar-refractivity contribution in [3.63, 3.8) is 0 Å². The van der Waals surface area contributed by atoms with Crippen molar-refractivity contribution in [2.45, 2.75) is 153 Å². The van der Waals surface area contributed by atoms with E-state index < -0.39 is 88.7 Å². The molecule has 62 heavy (non-hydrogen) atoms. The van der Waals surface area contributed by atoms with E-state index in [4.69, 9.17) is 37.3 Å². The van der Waals surface area contributed by atoms with Gasteiger partial charge in [0.15, 0.2) is 12.1 Å². The lowest BCUT2D eigenvalue weighted by Gasteiger charge is -2.48. The second-order valence-corrected chi connectivity index (χ2v) is 19.6. The van der Waals surface area contributed by atoms with Crippen LogP contribution in [0.5, 0.6) is 0 Å². The summed E-state index contributed by atoms with van der Waals surface area (Å²) in [6, 6.07) is 0. The quantitative estimate of drug-likeness (QED) is 0.179. The van der Waals surface area contributed by atoms with Crippen LogP contribution in [0.2, 0.25) is 0 Å². The number of carbonyl (C=O) groups excluding carboxylic acids is 1. The lowest BCUT2D eigenvalue weighted by Crippen LogP contribution is -2.58. The van der Waals surface area contributed by atoms with Crippen molar-refractivity contribution < 1.29 is 60.8 Å². The van der Waals surface area contributed by atoms with Gasteiger partial charge < -0.3 is 43.4 Å². The maximum atomic E-state index is 14.3. The zero-order chi connectivity index (χ0) is 45.1. The van der Waals surface area contributed by atoms with Crippen molar-refractivity contribution in [1.29, 1.82) is 0 Å². The first kappa shape index (κ1) is 48.7. The van der Waals surface area contributed by atoms with Gasteiger partial charge in [0.2, 0.25) is 0 Å². The van der Waals surface area contributed by atoms with Gasteiger partial charge in [0.05, 0.1) is 37.1 Å². The summed E-state index contributed by atoms with van der Waals surface area (Å²) in [5, 5.41) is 23.7. The summed E-state index contributed by atoms with van der Waals surface area (Å²) in [6.07, 6.45) is 11.3. The molecule has 0 aromatic rings. The largest absolute Gasteiger partial charge is 0.462 e. The van der Waals surface area contributed by atoms with Gasteiger partial charge in [0.25, 0.3) is 0 Å². The number of aliphatic hydroxyl groups excluding tert-OH is 1. The fourth-order valence-corrected chi connectivity index (χ4v) is 11.0. The van der Waals surface area contributed by atoms with Crippen LogP contribution in [0.15, 0.2) is 84.6 Å². The summed E-state index contributed by atoms with van der Waals surface area (Å²) in [4.78, 5) is 14.3. The van der Waals surface area contributed by atoms with Crippen molar-refractivity contribution in [3.05, 3.63) is 84.6 Å². The van der Waals surface area contributed by atoms with Gasteiger partial charge in [-0.2, -0.15) is 12.7 Å². The first-order valence-electron chi connectivity index (χ1n) is 22.1. The number of aliphatic hydroxyl groups is 2. The Morgan fingerprint density at radius 2 is 1.77 bits per heavy atom. The number of fused-ring (bicyclic) bond motifs is 2. The van der Waals surface area contributed by atoms with E-state index in [-0.39, 0.29) is 56.4 Å². The molecule has 3 fully saturated rings. The van der Waals surface area contributed by atoms with Crippen LogP contribution >= 0.6 is 0 Å². The molecule has 15 heteroatoms. The second-order valence-electron chi connectivity index (χ2n) is 18.0. The van der Waals surface area contributed by atoms with Crippen molar-refractivity contribution in [2.24, 2.45) is 23.7 Å². The predicted molar refractivity (Wildman–Crippen MR) is 232 cm³/mol. The van der Waals surface area contributed by atoms with Gasteiger partial charge in [0.1, 0.15) is 35.9 Å². The minimum Gasteiger partial charge on any atom is -0.462 e. The summed E-state index contributed by atoms with van der Waals surface area (Å²) in [5.41, 5.74) is -0.0242. The fraction of sp³-hybridized carbons (Fsp3) is 0.681. The maximum absolute atomic E-state index is 14.3. The molecule has 0 aromatic carbocycles. The minimum absolute atomic E-state index is 0.00108. The third kappa shape index (κ3) is 10.2. The molecule has 16 atom stereocenters. The van der Waals surface area contributed by atoms with Crippen molar-refractivity contribution >= 4 is 16.3 Å². The van der Waals surface area contributed by atoms with Crippen LogP contribution in [-0.2, 0) is 52.4 Å². The number of hydrogen-bond acceptors (Lipinski definition) is 13. The number of hydrogen-bond donors (Lipinski definition) is 2. The molecule has 6 aliphatic rings. The molecule has 0 aromatic heterocycles. The molecular weight excluding hydrogens is 819 g/mol. The third-order valence-corrected chi connectivity index (χ3v) is 14.8. The van der Waals surface area contributed by atoms with Crippen molar-refractivity contribution in [1.82, 2.24) is 4.31 Å². The number of nitrogens with zero attached hydrogens (tertiary/aromatic N) is 1. The number of esters is 1. The van der Waals surface area contributed by atoms with Crippen LogP contribution in [0.4, 0.5) is 0 Å². The molecule has 6 rings (SSSR count). The third-order valence-electron chi connectivity index (χ3n) is 13.5. The SMILES string of the molecule is C=CCN(CC=C)S(=O)(=O)OC1[C@H](C)O[C@@H](O[C@@H]2C(C)=CC[C@@H]3C[C@@H](C[C@]4(C=C[C@H](C)[C@@H](C(C)CC)O4)O3)OC(=O)[C@@H]3C=C(C)[C@@H](O)C4OCC(=CC=C[C@@H]2C)[C@]43O)C[C@@H]1OC. The molecule has 2 bridgehead atoms. The molecule has 5 aliphatic heterocycles. The molecule has 14 nitrogen and oxygen atoms in total. The van der Waals surface area contributed by atoms with Crippen LogP contribution in [0.1, 0.15) is 80.6 Å². The smallest absolute Gasteiger partial charge is 0.339 e. The standard InChI is InChI=1S/C47H69NO13S/c1-11-21-48(22-12-2)62(52,53)61-43-33(9)56-39(25-38(43)54-10)58-41-29(5)15-14-16-34-27-55-44-40(49)32(8)23-37(47(34,44)51)45(50)57-36-24-35(18-17-30(41)6)59-46(26-36)20-19-31(7)42(60-46)28(4)13-3/h11-12,14-17,19-20,23,28-29,31,33,35-44,49,51H,1-2,13,18,21-22,24-27H2,3-10H3/t28?,29-,31-,33-,35+,36-,37-,38-,39-,40+,41-,42+,43?,44?,46+,47+/m0/s1. The van der Waals surface area contributed by atoms with Crippen LogP contribution < -0.4 is 0 Å². The highest BCUT2D eigenvalue weighted by Gasteiger charge is 2.60. The van der Waals surface area contributed by atoms with E-state index in [1.54, 1.807) is 32.1 Å². The van der Waals surface area contributed by atoms with E-state index in [1.165, 1.54) is 19.3 Å². The highest BCUT2D eigenvalue weighted by molar-refractivity contribution is 7.84. The molecule has 0 radical (unpaired) electrons. The summed E-state index contributed by atoms with van der Waals surface area (Å²) in [6.45, 7) is 21.3. The van der Waals surface area contributed by atoms with Gasteiger partial charge in [-0.05, 0) is 55.9 Å². The second kappa shape index (κ2) is 20.2. The van der Waals surface area contributed by atoms with E-state index in [0.29, 0.717) is 24.0 Å². The molecule has 2 N–H and O–H groups in total. The topological polar surface area (TPSA) is 169 Å². The van der Waals surface area contributed by atoms with Gasteiger partial charge in [-0.15, -0.1) is 13.2 Å². The molecule has 0 amide bonds. The van der Waals surface area contributed by atoms with Crippen LogP contribution in [-0.4, -0.2) is 128 Å². The monoisotopic (exact) mass is 887 g/mol. The predicted octanol–water partition coefficient (Wildman–Crippen LogP) is 5.79. The molecule has 346 valence electrons. The Morgan fingerprint density at radius 1 is 1.05 bits per heavy atom. The Balaban J connectivity index is 1.33. The number of rotatable bonds is 12. The normalized spacial score (nSPS) is 40.9. The van der Waals surface area contributed by atoms with E-state index in [9.17, 15) is 23.4 Å². The molecule has 3 saturated heterocycles. The van der Waals surface area contributed by atoms with Crippen molar-refractivity contribution in [2.75, 3.05) is 26.8 Å². The first-order chi connectivity index (χ1) is 29.4. The average molecular weight is 888 g/mol. The van der Waals surface area contributed by atoms with Crippen molar-refractivity contribution in [3.8, 4) is 0 Å². The van der Waals surface area contributed by atoms with Crippen LogP contribution in [0.25, 0.3) is 0 Å². The Labute approximate surface area is 368 Å². The minimum atomic E-state index is -4.20. The number of methoxy groups -OCH3 is 1. The Kier molecular flexibility index (Phi) is 15.8. The maximum Gasteiger partial charge on any atom is 0.339 e. The zero-order valence-electron chi connectivity index (χ0n) is 37.6. The number of carbonyl (C=O) groups is 1.